The summed E-state index contributed by atoms with van der Waals surface area (Å²) in [4.78, 5) is 36.5. The zero-order valence-corrected chi connectivity index (χ0v) is 13.8. The van der Waals surface area contributed by atoms with Crippen LogP contribution in [0.2, 0.25) is 0 Å². The molecule has 0 saturated heterocycles. The van der Waals surface area contributed by atoms with Gasteiger partial charge >= 0.3 is 5.97 Å². The van der Waals surface area contributed by atoms with Crippen LogP contribution in [0.1, 0.15) is 42.5 Å². The summed E-state index contributed by atoms with van der Waals surface area (Å²) in [6, 6.07) is 6.77. The standard InChI is InChI=1S/C19H22O5/c1-23-16-7-3-4-12(10-16)17(20)11-24-19(22)15-8-13-5-2-6-14(9-15)18(13)21/h3-4,7,10,13-15H,2,5-6,8-9,11H2,1H3/t13-,14-/m1/s1. The van der Waals surface area contributed by atoms with Gasteiger partial charge in [-0.25, -0.2) is 0 Å². The molecule has 128 valence electrons. The molecule has 2 bridgehead atoms. The third-order valence-corrected chi connectivity index (χ3v) is 5.12. The van der Waals surface area contributed by atoms with Crippen molar-refractivity contribution in [1.29, 1.82) is 0 Å². The molecule has 0 N–H and O–H groups in total. The Labute approximate surface area is 141 Å². The Balaban J connectivity index is 1.55. The van der Waals surface area contributed by atoms with Crippen molar-refractivity contribution >= 4 is 17.5 Å². The van der Waals surface area contributed by atoms with Gasteiger partial charge in [-0.15, -0.1) is 0 Å². The molecule has 2 aliphatic carbocycles. The van der Waals surface area contributed by atoms with E-state index in [1.165, 1.54) is 7.11 Å². The van der Waals surface area contributed by atoms with Gasteiger partial charge in [-0.3, -0.25) is 14.4 Å². The average Bonchev–Trinajstić information content (AvgIpc) is 2.59. The van der Waals surface area contributed by atoms with E-state index in [1.807, 2.05) is 0 Å². The van der Waals surface area contributed by atoms with Gasteiger partial charge in [0.1, 0.15) is 11.5 Å². The molecule has 5 nitrogen and oxygen atoms in total. The molecule has 24 heavy (non-hydrogen) atoms. The topological polar surface area (TPSA) is 69.7 Å². The van der Waals surface area contributed by atoms with Crippen LogP contribution in [0.3, 0.4) is 0 Å². The first-order valence-electron chi connectivity index (χ1n) is 8.46. The molecule has 0 amide bonds. The Morgan fingerprint density at radius 2 is 1.88 bits per heavy atom. The number of fused-ring (bicyclic) bond motifs is 2. The van der Waals surface area contributed by atoms with Gasteiger partial charge in [0.05, 0.1) is 13.0 Å². The van der Waals surface area contributed by atoms with Crippen LogP contribution in [0.25, 0.3) is 0 Å². The lowest BCUT2D eigenvalue weighted by molar-refractivity contribution is -0.152. The number of hydrogen-bond donors (Lipinski definition) is 0. The number of Topliss-reactive ketones (excluding diaryl/α,β-unsaturated/α-hetero) is 2. The summed E-state index contributed by atoms with van der Waals surface area (Å²) in [5, 5.41) is 0. The van der Waals surface area contributed by atoms with Gasteiger partial charge in [-0.2, -0.15) is 0 Å². The van der Waals surface area contributed by atoms with Crippen LogP contribution in [-0.4, -0.2) is 31.3 Å². The van der Waals surface area contributed by atoms with Gasteiger partial charge in [-0.1, -0.05) is 18.6 Å². The largest absolute Gasteiger partial charge is 0.497 e. The number of esters is 1. The molecule has 1 aromatic rings. The summed E-state index contributed by atoms with van der Waals surface area (Å²) >= 11 is 0. The number of carbonyl (C=O) groups is 3. The van der Waals surface area contributed by atoms with Crippen molar-refractivity contribution in [2.75, 3.05) is 13.7 Å². The van der Waals surface area contributed by atoms with Gasteiger partial charge in [0.25, 0.3) is 0 Å². The summed E-state index contributed by atoms with van der Waals surface area (Å²) in [6.07, 6.45) is 3.96. The van der Waals surface area contributed by atoms with Crippen LogP contribution in [0.5, 0.6) is 5.75 Å². The van der Waals surface area contributed by atoms with Crippen LogP contribution in [0, 0.1) is 17.8 Å². The van der Waals surface area contributed by atoms with Gasteiger partial charge in [-0.05, 0) is 37.8 Å². The van der Waals surface area contributed by atoms with Crippen LogP contribution in [0.15, 0.2) is 24.3 Å². The van der Waals surface area contributed by atoms with Gasteiger partial charge < -0.3 is 9.47 Å². The van der Waals surface area contributed by atoms with E-state index >= 15 is 0 Å². The molecular formula is C19H22O5. The zero-order chi connectivity index (χ0) is 17.1. The molecule has 2 atom stereocenters. The third-order valence-electron chi connectivity index (χ3n) is 5.12. The van der Waals surface area contributed by atoms with Crippen LogP contribution in [-0.2, 0) is 14.3 Å². The smallest absolute Gasteiger partial charge is 0.309 e. The van der Waals surface area contributed by atoms with E-state index in [1.54, 1.807) is 24.3 Å². The van der Waals surface area contributed by atoms with Crippen molar-refractivity contribution in [2.24, 2.45) is 17.8 Å². The Hall–Kier alpha value is -2.17. The van der Waals surface area contributed by atoms with Gasteiger partial charge in [0, 0.05) is 17.4 Å². The summed E-state index contributed by atoms with van der Waals surface area (Å²) in [5.41, 5.74) is 0.456. The molecule has 0 aliphatic heterocycles. The minimum absolute atomic E-state index is 0.00383. The maximum absolute atomic E-state index is 12.3. The van der Waals surface area contributed by atoms with E-state index in [4.69, 9.17) is 9.47 Å². The number of carbonyl (C=O) groups excluding carboxylic acids is 3. The van der Waals surface area contributed by atoms with E-state index in [9.17, 15) is 14.4 Å². The minimum Gasteiger partial charge on any atom is -0.497 e. The molecule has 0 radical (unpaired) electrons. The lowest BCUT2D eigenvalue weighted by atomic mass is 9.67. The molecule has 0 spiro atoms. The summed E-state index contributed by atoms with van der Waals surface area (Å²) < 4.78 is 10.3. The van der Waals surface area contributed by atoms with Crippen molar-refractivity contribution in [3.63, 3.8) is 0 Å². The fourth-order valence-corrected chi connectivity index (χ4v) is 3.81. The second kappa shape index (κ2) is 7.16. The normalized spacial score (nSPS) is 25.9. The highest BCUT2D eigenvalue weighted by atomic mass is 16.5. The van der Waals surface area contributed by atoms with E-state index in [2.05, 4.69) is 0 Å². The maximum atomic E-state index is 12.3. The number of hydrogen-bond acceptors (Lipinski definition) is 5. The third kappa shape index (κ3) is 3.50. The highest BCUT2D eigenvalue weighted by Gasteiger charge is 2.41. The molecule has 0 unspecified atom stereocenters. The molecule has 2 fully saturated rings. The van der Waals surface area contributed by atoms with Crippen LogP contribution >= 0.6 is 0 Å². The lowest BCUT2D eigenvalue weighted by Gasteiger charge is -2.36. The molecule has 0 heterocycles. The van der Waals surface area contributed by atoms with Gasteiger partial charge in [0.15, 0.2) is 12.4 Å². The fourth-order valence-electron chi connectivity index (χ4n) is 3.81. The lowest BCUT2D eigenvalue weighted by Crippen LogP contribution is -2.39. The highest BCUT2D eigenvalue weighted by Crippen LogP contribution is 2.40. The minimum atomic E-state index is -0.351. The van der Waals surface area contributed by atoms with Gasteiger partial charge in [0.2, 0.25) is 0 Å². The number of rotatable bonds is 5. The van der Waals surface area contributed by atoms with E-state index in [0.717, 1.165) is 19.3 Å². The molecule has 3 rings (SSSR count). The van der Waals surface area contributed by atoms with Crippen LogP contribution in [0.4, 0.5) is 0 Å². The Kier molecular flexibility index (Phi) is 4.97. The Bertz CT molecular complexity index is 635. The monoisotopic (exact) mass is 330 g/mol. The SMILES string of the molecule is COc1cccc(C(=O)COC(=O)C2C[C@H]3CCC[C@H](C2)C3=O)c1. The average molecular weight is 330 g/mol. The summed E-state index contributed by atoms with van der Waals surface area (Å²) in [5.74, 6) is 0.0536. The second-order valence-electron chi connectivity index (χ2n) is 6.66. The van der Waals surface area contributed by atoms with Crippen molar-refractivity contribution < 1.29 is 23.9 Å². The van der Waals surface area contributed by atoms with Crippen LogP contribution < -0.4 is 4.74 Å². The highest BCUT2D eigenvalue weighted by molar-refractivity contribution is 5.98. The Morgan fingerprint density at radius 3 is 2.54 bits per heavy atom. The number of methoxy groups -OCH3 is 1. The quantitative estimate of drug-likeness (QED) is 0.613. The summed E-state index contributed by atoms with van der Waals surface area (Å²) in [7, 11) is 1.53. The van der Waals surface area contributed by atoms with E-state index in [0.29, 0.717) is 29.9 Å². The fraction of sp³-hybridized carbons (Fsp3) is 0.526. The summed E-state index contributed by atoms with van der Waals surface area (Å²) in [6.45, 7) is -0.272. The molecule has 2 aliphatic rings. The number of benzene rings is 1. The second-order valence-corrected chi connectivity index (χ2v) is 6.66. The maximum Gasteiger partial charge on any atom is 0.309 e. The molecular weight excluding hydrogens is 308 g/mol. The van der Waals surface area contributed by atoms with E-state index < -0.39 is 0 Å². The Morgan fingerprint density at radius 1 is 1.17 bits per heavy atom. The van der Waals surface area contributed by atoms with Crippen molar-refractivity contribution in [2.45, 2.75) is 32.1 Å². The van der Waals surface area contributed by atoms with Crippen molar-refractivity contribution in [3.05, 3.63) is 29.8 Å². The number of ether oxygens (including phenoxy) is 2. The molecule has 5 heteroatoms. The molecule has 2 saturated carbocycles. The predicted octanol–water partition coefficient (Wildman–Crippen LogP) is 2.82. The predicted molar refractivity (Wildman–Crippen MR) is 86.8 cm³/mol. The first kappa shape index (κ1) is 16.7. The van der Waals surface area contributed by atoms with E-state index in [-0.39, 0.29) is 36.1 Å². The number of ketones is 2. The first-order valence-corrected chi connectivity index (χ1v) is 8.46. The molecule has 0 aromatic heterocycles. The zero-order valence-electron chi connectivity index (χ0n) is 13.8. The van der Waals surface area contributed by atoms with Crippen molar-refractivity contribution in [3.8, 4) is 5.75 Å². The molecule has 1 aromatic carbocycles. The van der Waals surface area contributed by atoms with Crippen molar-refractivity contribution in [1.82, 2.24) is 0 Å². The first-order chi connectivity index (χ1) is 11.6.